The van der Waals surface area contributed by atoms with Crippen molar-refractivity contribution in [2.24, 2.45) is 0 Å². The van der Waals surface area contributed by atoms with Crippen LogP contribution in [0.4, 0.5) is 0 Å². The molecular formula is C36H29S2+. The van der Waals surface area contributed by atoms with Gasteiger partial charge in [0.25, 0.3) is 0 Å². The van der Waals surface area contributed by atoms with Crippen molar-refractivity contribution in [2.75, 3.05) is 0 Å². The molecule has 0 saturated carbocycles. The molecule has 1 atom stereocenters. The van der Waals surface area contributed by atoms with Gasteiger partial charge < -0.3 is 0 Å². The summed E-state index contributed by atoms with van der Waals surface area (Å²) in [5.74, 6) is 0. The molecule has 2 heteroatoms. The van der Waals surface area contributed by atoms with Gasteiger partial charge >= 0.3 is 0 Å². The molecule has 0 nitrogen and oxygen atoms in total. The quantitative estimate of drug-likeness (QED) is 0.136. The Morgan fingerprint density at radius 1 is 0.500 bits per heavy atom. The Bertz CT molecular complexity index is 1510. The summed E-state index contributed by atoms with van der Waals surface area (Å²) in [5.41, 5.74) is 4.92. The summed E-state index contributed by atoms with van der Waals surface area (Å²) < 4.78 is 0. The lowest BCUT2D eigenvalue weighted by molar-refractivity contribution is 1.31. The molecule has 0 aromatic heterocycles. The Hall–Kier alpha value is -3.98. The lowest BCUT2D eigenvalue weighted by Crippen LogP contribution is -2.05. The van der Waals surface area contributed by atoms with Crippen LogP contribution in [0.1, 0.15) is 0 Å². The summed E-state index contributed by atoms with van der Waals surface area (Å²) >= 11 is 1.78. The molecule has 0 fully saturated rings. The van der Waals surface area contributed by atoms with Gasteiger partial charge in [0, 0.05) is 9.79 Å². The SMILES string of the molecule is C=C/C=C(\C=C)[S+](c1ccc(Sc2ccc(-c3ccccc3)cc2)cc1)c1ccc(-c2ccccc2)cc1. The third-order valence-corrected chi connectivity index (χ3v) is 9.45. The fraction of sp³-hybridized carbons (Fsp3) is 0. The van der Waals surface area contributed by atoms with Gasteiger partial charge in [0.05, 0.1) is 10.9 Å². The first-order valence-corrected chi connectivity index (χ1v) is 14.6. The Morgan fingerprint density at radius 3 is 1.34 bits per heavy atom. The monoisotopic (exact) mass is 525 g/mol. The van der Waals surface area contributed by atoms with Gasteiger partial charge in [0.2, 0.25) is 0 Å². The smallest absolute Gasteiger partial charge is 0.0989 e. The lowest BCUT2D eigenvalue weighted by Gasteiger charge is -2.10. The lowest BCUT2D eigenvalue weighted by atomic mass is 10.1. The molecule has 0 radical (unpaired) electrons. The van der Waals surface area contributed by atoms with E-state index in [1.807, 2.05) is 24.3 Å². The van der Waals surface area contributed by atoms with E-state index in [2.05, 4.69) is 141 Å². The van der Waals surface area contributed by atoms with Gasteiger partial charge in [-0.05, 0) is 95.1 Å². The van der Waals surface area contributed by atoms with E-state index in [-0.39, 0.29) is 10.9 Å². The summed E-state index contributed by atoms with van der Waals surface area (Å²) in [4.78, 5) is 6.12. The molecule has 0 aliphatic heterocycles. The number of allylic oxidation sites excluding steroid dienone is 3. The van der Waals surface area contributed by atoms with Gasteiger partial charge in [-0.1, -0.05) is 104 Å². The normalized spacial score (nSPS) is 12.1. The van der Waals surface area contributed by atoms with E-state index in [4.69, 9.17) is 0 Å². The Labute approximate surface area is 233 Å². The summed E-state index contributed by atoms with van der Waals surface area (Å²) in [6.45, 7) is 8.04. The van der Waals surface area contributed by atoms with Crippen molar-refractivity contribution in [3.05, 3.63) is 170 Å². The second-order valence-electron chi connectivity index (χ2n) is 8.67. The topological polar surface area (TPSA) is 0 Å². The number of rotatable bonds is 9. The van der Waals surface area contributed by atoms with Crippen LogP contribution >= 0.6 is 11.8 Å². The van der Waals surface area contributed by atoms with Crippen LogP contribution in [-0.4, -0.2) is 0 Å². The summed E-state index contributed by atoms with van der Waals surface area (Å²) in [6, 6.07) is 47.6. The largest absolute Gasteiger partial charge is 0.166 e. The molecule has 5 rings (SSSR count). The van der Waals surface area contributed by atoms with Crippen LogP contribution in [0.25, 0.3) is 22.3 Å². The van der Waals surface area contributed by atoms with Crippen LogP contribution in [0.15, 0.2) is 189 Å². The van der Waals surface area contributed by atoms with Crippen molar-refractivity contribution in [1.29, 1.82) is 0 Å². The molecule has 0 N–H and O–H groups in total. The zero-order valence-corrected chi connectivity index (χ0v) is 22.8. The minimum atomic E-state index is -0.270. The van der Waals surface area contributed by atoms with E-state index in [0.29, 0.717) is 0 Å². The molecule has 5 aromatic rings. The summed E-state index contributed by atoms with van der Waals surface area (Å²) in [5, 5.41) is 0. The van der Waals surface area contributed by atoms with Crippen LogP contribution in [0.3, 0.4) is 0 Å². The fourth-order valence-corrected chi connectivity index (χ4v) is 7.13. The number of benzene rings is 5. The molecule has 0 aliphatic rings. The third kappa shape index (κ3) is 6.11. The van der Waals surface area contributed by atoms with Crippen LogP contribution in [-0.2, 0) is 10.9 Å². The minimum Gasteiger partial charge on any atom is -0.0989 e. The van der Waals surface area contributed by atoms with Gasteiger partial charge in [-0.25, -0.2) is 0 Å². The first-order chi connectivity index (χ1) is 18.7. The van der Waals surface area contributed by atoms with Crippen LogP contribution in [0.5, 0.6) is 0 Å². The van der Waals surface area contributed by atoms with E-state index in [9.17, 15) is 0 Å². The second-order valence-corrected chi connectivity index (χ2v) is 11.8. The molecule has 0 amide bonds. The van der Waals surface area contributed by atoms with E-state index >= 15 is 0 Å². The molecule has 0 heterocycles. The standard InChI is InChI=1S/C36H29S2/c1-3-11-34(4-2)38(35-24-18-31(19-25-35)29-14-9-6-10-15-29)36-26-22-33(23-27-36)37-32-20-16-30(17-21-32)28-12-7-5-8-13-28/h3-27H,1-2H2/q+1/b34-11+. The van der Waals surface area contributed by atoms with Crippen LogP contribution in [0.2, 0.25) is 0 Å². The molecule has 1 unspecified atom stereocenters. The molecule has 184 valence electrons. The van der Waals surface area contributed by atoms with Crippen molar-refractivity contribution in [1.82, 2.24) is 0 Å². The van der Waals surface area contributed by atoms with Gasteiger partial charge in [-0.2, -0.15) is 0 Å². The average molecular weight is 526 g/mol. The maximum absolute atomic E-state index is 4.11. The highest BCUT2D eigenvalue weighted by atomic mass is 32.2. The Balaban J connectivity index is 1.38. The molecule has 5 aromatic carbocycles. The zero-order chi connectivity index (χ0) is 26.2. The average Bonchev–Trinajstić information content (AvgIpc) is 2.99. The van der Waals surface area contributed by atoms with E-state index in [0.717, 1.165) is 4.91 Å². The first kappa shape index (κ1) is 25.7. The van der Waals surface area contributed by atoms with E-state index in [1.165, 1.54) is 41.8 Å². The van der Waals surface area contributed by atoms with Gasteiger partial charge in [0.1, 0.15) is 0 Å². The maximum Gasteiger partial charge on any atom is 0.166 e. The van der Waals surface area contributed by atoms with Gasteiger partial charge in [-0.15, -0.1) is 0 Å². The highest BCUT2D eigenvalue weighted by Crippen LogP contribution is 2.35. The van der Waals surface area contributed by atoms with E-state index in [1.54, 1.807) is 11.8 Å². The molecular weight excluding hydrogens is 497 g/mol. The molecule has 0 bridgehead atoms. The Morgan fingerprint density at radius 2 is 0.895 bits per heavy atom. The summed E-state index contributed by atoms with van der Waals surface area (Å²) in [7, 11) is -0.270. The van der Waals surface area contributed by atoms with Crippen molar-refractivity contribution < 1.29 is 0 Å². The predicted octanol–water partition coefficient (Wildman–Crippen LogP) is 10.5. The molecule has 0 saturated heterocycles. The third-order valence-electron chi connectivity index (χ3n) is 6.17. The van der Waals surface area contributed by atoms with Crippen molar-refractivity contribution >= 4 is 22.7 Å². The predicted molar refractivity (Wildman–Crippen MR) is 167 cm³/mol. The summed E-state index contributed by atoms with van der Waals surface area (Å²) in [6.07, 6.45) is 5.86. The molecule has 0 spiro atoms. The van der Waals surface area contributed by atoms with E-state index < -0.39 is 0 Å². The molecule has 0 aliphatic carbocycles. The maximum atomic E-state index is 4.11. The fourth-order valence-electron chi connectivity index (χ4n) is 4.28. The minimum absolute atomic E-state index is 0.270. The highest BCUT2D eigenvalue weighted by molar-refractivity contribution is 8.01. The zero-order valence-electron chi connectivity index (χ0n) is 21.2. The van der Waals surface area contributed by atoms with Gasteiger partial charge in [-0.3, -0.25) is 0 Å². The van der Waals surface area contributed by atoms with Crippen molar-refractivity contribution in [2.45, 2.75) is 19.6 Å². The van der Waals surface area contributed by atoms with Crippen molar-refractivity contribution in [3.63, 3.8) is 0 Å². The number of hydrogen-bond donors (Lipinski definition) is 0. The molecule has 38 heavy (non-hydrogen) atoms. The van der Waals surface area contributed by atoms with Crippen LogP contribution in [0, 0.1) is 0 Å². The second kappa shape index (κ2) is 12.5. The Kier molecular flexibility index (Phi) is 8.45. The van der Waals surface area contributed by atoms with Gasteiger partial charge in [0.15, 0.2) is 14.7 Å². The van der Waals surface area contributed by atoms with Crippen molar-refractivity contribution in [3.8, 4) is 22.3 Å². The van der Waals surface area contributed by atoms with Crippen LogP contribution < -0.4 is 0 Å². The number of hydrogen-bond acceptors (Lipinski definition) is 1. The highest BCUT2D eigenvalue weighted by Gasteiger charge is 2.29. The first-order valence-electron chi connectivity index (χ1n) is 12.5.